The van der Waals surface area contributed by atoms with E-state index in [4.69, 9.17) is 9.47 Å². The Kier molecular flexibility index (Phi) is 4.18. The Morgan fingerprint density at radius 1 is 1.27 bits per heavy atom. The normalized spacial score (nSPS) is 53.4. The summed E-state index contributed by atoms with van der Waals surface area (Å²) in [4.78, 5) is 13.2. The minimum atomic E-state index is -1.77. The molecule has 3 saturated carbocycles. The fourth-order valence-electron chi connectivity index (χ4n) is 8.11. The first-order valence-corrected chi connectivity index (χ1v) is 11.2. The molecule has 1 saturated heterocycles. The first-order valence-electron chi connectivity index (χ1n) is 11.2. The van der Waals surface area contributed by atoms with Crippen molar-refractivity contribution < 1.29 is 28.9 Å². The molecule has 4 aliphatic carbocycles. The summed E-state index contributed by atoms with van der Waals surface area (Å²) in [6.07, 6.45) is 6.80. The average Bonchev–Trinajstić information content (AvgIpc) is 3.08. The number of ether oxygens (including phenoxy) is 2. The third-order valence-corrected chi connectivity index (χ3v) is 9.35. The molecule has 5 aliphatic rings. The molecular formula is C24H33FO5. The summed E-state index contributed by atoms with van der Waals surface area (Å²) in [5.41, 5.74) is -3.63. The molecule has 1 aliphatic heterocycles. The van der Waals surface area contributed by atoms with Crippen LogP contribution in [0.25, 0.3) is 0 Å². The summed E-state index contributed by atoms with van der Waals surface area (Å²) in [5, 5.41) is 21.2. The van der Waals surface area contributed by atoms with Gasteiger partial charge in [-0.3, -0.25) is 4.79 Å². The Balaban J connectivity index is 1.63. The second-order valence-electron chi connectivity index (χ2n) is 11.0. The topological polar surface area (TPSA) is 76.0 Å². The molecule has 166 valence electrons. The zero-order valence-corrected chi connectivity index (χ0v) is 18.3. The van der Waals surface area contributed by atoms with Crippen molar-refractivity contribution in [3.05, 3.63) is 23.8 Å². The summed E-state index contributed by atoms with van der Waals surface area (Å²) in [6, 6.07) is 0. The van der Waals surface area contributed by atoms with E-state index in [9.17, 15) is 15.0 Å². The Morgan fingerprint density at radius 2 is 2.00 bits per heavy atom. The van der Waals surface area contributed by atoms with Crippen LogP contribution in [0.4, 0.5) is 4.39 Å². The van der Waals surface area contributed by atoms with E-state index in [0.29, 0.717) is 19.3 Å². The number of fused-ring (bicyclic) bond motifs is 7. The fourth-order valence-corrected chi connectivity index (χ4v) is 8.11. The monoisotopic (exact) mass is 420 g/mol. The van der Waals surface area contributed by atoms with Crippen molar-refractivity contribution >= 4 is 5.78 Å². The van der Waals surface area contributed by atoms with Crippen molar-refractivity contribution in [3.63, 3.8) is 0 Å². The van der Waals surface area contributed by atoms with E-state index in [1.807, 2.05) is 32.1 Å². The second kappa shape index (κ2) is 6.03. The molecule has 2 N–H and O–H groups in total. The number of hydrogen-bond donors (Lipinski definition) is 2. The van der Waals surface area contributed by atoms with Crippen molar-refractivity contribution in [1.29, 1.82) is 0 Å². The summed E-state index contributed by atoms with van der Waals surface area (Å²) in [7, 11) is 0. The number of aliphatic hydroxyl groups excluding tert-OH is 2. The lowest BCUT2D eigenvalue weighted by Crippen LogP contribution is -2.70. The molecule has 0 aromatic rings. The Morgan fingerprint density at radius 3 is 2.70 bits per heavy atom. The van der Waals surface area contributed by atoms with Gasteiger partial charge in [0.25, 0.3) is 0 Å². The third kappa shape index (κ3) is 2.14. The molecule has 4 fully saturated rings. The first kappa shape index (κ1) is 20.8. The molecule has 0 unspecified atom stereocenters. The molecule has 0 aromatic heterocycles. The van der Waals surface area contributed by atoms with Gasteiger partial charge >= 0.3 is 0 Å². The predicted molar refractivity (Wildman–Crippen MR) is 108 cm³/mol. The minimum absolute atomic E-state index is 0.110. The lowest BCUT2D eigenvalue weighted by molar-refractivity contribution is -0.250. The quantitative estimate of drug-likeness (QED) is 0.717. The van der Waals surface area contributed by atoms with Gasteiger partial charge in [0.05, 0.1) is 12.2 Å². The van der Waals surface area contributed by atoms with Crippen LogP contribution < -0.4 is 0 Å². The van der Waals surface area contributed by atoms with Crippen molar-refractivity contribution in [1.82, 2.24) is 0 Å². The molecule has 0 spiro atoms. The molecule has 6 heteroatoms. The molecule has 5 nitrogen and oxygen atoms in total. The summed E-state index contributed by atoms with van der Waals surface area (Å²) < 4.78 is 29.6. The first-order chi connectivity index (χ1) is 14.0. The van der Waals surface area contributed by atoms with E-state index in [2.05, 4.69) is 0 Å². The smallest absolute Gasteiger partial charge is 0.193 e. The number of alkyl halides is 1. The highest BCUT2D eigenvalue weighted by atomic mass is 19.1. The number of rotatable bonds is 2. The lowest BCUT2D eigenvalue weighted by atomic mass is 9.44. The number of carbonyl (C=O) groups is 1. The number of aliphatic hydroxyl groups is 2. The maximum atomic E-state index is 17.1. The van der Waals surface area contributed by atoms with Crippen molar-refractivity contribution in [2.24, 2.45) is 22.7 Å². The van der Waals surface area contributed by atoms with Gasteiger partial charge in [0.1, 0.15) is 12.3 Å². The Bertz CT molecular complexity index is 851. The number of halogens is 1. The Hall–Kier alpha value is -1.08. The SMILES string of the molecule is CC1(C)O[C@@H]2C[C@H]3[C@@H]4CCC5=CC=CC[C@]5(C)[C@@]4(F)[C@@H](O)C[C@]3(C)[C@]2(C(=O)CO)O1. The lowest BCUT2D eigenvalue weighted by Gasteiger charge is -2.63. The molecule has 30 heavy (non-hydrogen) atoms. The van der Waals surface area contributed by atoms with E-state index in [-0.39, 0.29) is 12.3 Å². The largest absolute Gasteiger partial charge is 0.390 e. The number of allylic oxidation sites excluding steroid dienone is 4. The standard InChI is InChI=1S/C24H33FO5/c1-20(2)29-19-11-16-15-9-8-14-7-5-6-10-21(14,3)23(15,25)17(27)12-22(16,4)24(19,30-20)18(28)13-26/h5-7,15-17,19,26-27H,8-13H2,1-4H3/t15-,16-,17-,19+,21-,22-,23-,24+/m0/s1. The van der Waals surface area contributed by atoms with Crippen molar-refractivity contribution in [2.75, 3.05) is 6.61 Å². The van der Waals surface area contributed by atoms with Gasteiger partial charge < -0.3 is 19.7 Å². The van der Waals surface area contributed by atoms with Gasteiger partial charge in [-0.2, -0.15) is 0 Å². The van der Waals surface area contributed by atoms with Crippen LogP contribution in [0.1, 0.15) is 59.8 Å². The van der Waals surface area contributed by atoms with E-state index in [0.717, 1.165) is 12.0 Å². The van der Waals surface area contributed by atoms with Gasteiger partial charge in [-0.25, -0.2) is 4.39 Å². The van der Waals surface area contributed by atoms with Gasteiger partial charge in [0, 0.05) is 16.7 Å². The molecule has 0 bridgehead atoms. The van der Waals surface area contributed by atoms with E-state index in [1.165, 1.54) is 0 Å². The maximum Gasteiger partial charge on any atom is 0.193 e. The van der Waals surface area contributed by atoms with Crippen molar-refractivity contribution in [3.8, 4) is 0 Å². The third-order valence-electron chi connectivity index (χ3n) is 9.35. The molecule has 5 rings (SSSR count). The number of ketones is 1. The summed E-state index contributed by atoms with van der Waals surface area (Å²) in [5.74, 6) is -1.97. The fraction of sp³-hybridized carbons (Fsp3) is 0.792. The highest BCUT2D eigenvalue weighted by Crippen LogP contribution is 2.72. The molecule has 0 radical (unpaired) electrons. The highest BCUT2D eigenvalue weighted by Gasteiger charge is 2.79. The van der Waals surface area contributed by atoms with Crippen LogP contribution in [0.3, 0.4) is 0 Å². The zero-order chi connectivity index (χ0) is 21.7. The molecule has 0 aromatic carbocycles. The van der Waals surface area contributed by atoms with Crippen LogP contribution in [0.2, 0.25) is 0 Å². The number of Topliss-reactive ketones (excluding diaryl/α,β-unsaturated/α-hetero) is 1. The van der Waals surface area contributed by atoms with Crippen LogP contribution in [0, 0.1) is 22.7 Å². The van der Waals surface area contributed by atoms with Gasteiger partial charge in [-0.15, -0.1) is 0 Å². The Labute approximate surface area is 177 Å². The van der Waals surface area contributed by atoms with Crippen LogP contribution in [-0.2, 0) is 14.3 Å². The van der Waals surface area contributed by atoms with Crippen LogP contribution in [0.15, 0.2) is 23.8 Å². The molecule has 0 amide bonds. The van der Waals surface area contributed by atoms with Gasteiger partial charge in [0.15, 0.2) is 17.2 Å². The van der Waals surface area contributed by atoms with E-state index >= 15 is 4.39 Å². The number of carbonyl (C=O) groups excluding carboxylic acids is 1. The van der Waals surface area contributed by atoms with Crippen LogP contribution in [0.5, 0.6) is 0 Å². The van der Waals surface area contributed by atoms with Crippen molar-refractivity contribution in [2.45, 2.75) is 89.1 Å². The second-order valence-corrected chi connectivity index (χ2v) is 11.0. The predicted octanol–water partition coefficient (Wildman–Crippen LogP) is 3.24. The summed E-state index contributed by atoms with van der Waals surface area (Å²) >= 11 is 0. The van der Waals surface area contributed by atoms with E-state index < -0.39 is 58.4 Å². The van der Waals surface area contributed by atoms with Gasteiger partial charge in [-0.1, -0.05) is 37.6 Å². The van der Waals surface area contributed by atoms with Gasteiger partial charge in [-0.05, 0) is 51.9 Å². The molecule has 1 heterocycles. The molecule has 8 atom stereocenters. The van der Waals surface area contributed by atoms with Gasteiger partial charge in [0.2, 0.25) is 0 Å². The molecular weight excluding hydrogens is 387 g/mol. The van der Waals surface area contributed by atoms with Crippen LogP contribution in [-0.4, -0.2) is 51.9 Å². The number of hydrogen-bond acceptors (Lipinski definition) is 5. The summed E-state index contributed by atoms with van der Waals surface area (Å²) in [6.45, 7) is 6.76. The minimum Gasteiger partial charge on any atom is -0.390 e. The van der Waals surface area contributed by atoms with Crippen LogP contribution >= 0.6 is 0 Å². The zero-order valence-electron chi connectivity index (χ0n) is 18.3. The average molecular weight is 421 g/mol. The van der Waals surface area contributed by atoms with E-state index in [1.54, 1.807) is 13.8 Å². The maximum absolute atomic E-state index is 17.1. The highest BCUT2D eigenvalue weighted by molar-refractivity contribution is 5.91.